The van der Waals surface area contributed by atoms with Crippen molar-refractivity contribution in [2.24, 2.45) is 0 Å². The molecule has 1 amide bonds. The fourth-order valence-electron chi connectivity index (χ4n) is 2.38. The molecule has 0 spiro atoms. The first kappa shape index (κ1) is 16.9. The largest absolute Gasteiger partial charge is 0.339 e. The van der Waals surface area contributed by atoms with Crippen LogP contribution in [0.1, 0.15) is 12.5 Å². The maximum Gasteiger partial charge on any atom is 0.237 e. The molecule has 0 unspecified atom stereocenters. The molecule has 1 saturated heterocycles. The third kappa shape index (κ3) is 5.08. The highest BCUT2D eigenvalue weighted by molar-refractivity contribution is 7.89. The number of nitrogens with one attached hydrogen (secondary N) is 1. The molecule has 22 heavy (non-hydrogen) atoms. The summed E-state index contributed by atoms with van der Waals surface area (Å²) in [5.74, 6) is -0.165. The molecule has 1 N–H and O–H groups in total. The van der Waals surface area contributed by atoms with Gasteiger partial charge in [0.05, 0.1) is 12.3 Å². The Hall–Kier alpha value is -1.44. The van der Waals surface area contributed by atoms with Crippen LogP contribution in [0.2, 0.25) is 0 Å². The molecular weight excluding hydrogens is 302 g/mol. The van der Waals surface area contributed by atoms with E-state index >= 15 is 0 Å². The van der Waals surface area contributed by atoms with E-state index in [0.29, 0.717) is 13.1 Å². The van der Waals surface area contributed by atoms with Crippen molar-refractivity contribution >= 4 is 15.9 Å². The van der Waals surface area contributed by atoms with E-state index in [1.54, 1.807) is 11.8 Å². The van der Waals surface area contributed by atoms with Gasteiger partial charge in [-0.25, -0.2) is 13.1 Å². The summed E-state index contributed by atoms with van der Waals surface area (Å²) in [6, 6.07) is 10.2. The zero-order chi connectivity index (χ0) is 16.0. The Morgan fingerprint density at radius 2 is 1.77 bits per heavy atom. The average molecular weight is 325 g/mol. The molecular formula is C15H23N3O3S. The fourth-order valence-corrected chi connectivity index (χ4v) is 2.93. The molecule has 6 nitrogen and oxygen atoms in total. The van der Waals surface area contributed by atoms with Crippen molar-refractivity contribution in [1.29, 1.82) is 0 Å². The van der Waals surface area contributed by atoms with E-state index in [0.717, 1.165) is 19.6 Å². The lowest BCUT2D eigenvalue weighted by Crippen LogP contribution is -2.50. The summed E-state index contributed by atoms with van der Waals surface area (Å²) in [6.07, 6.45) is 0. The number of carbonyl (C=O) groups is 1. The summed E-state index contributed by atoms with van der Waals surface area (Å²) >= 11 is 0. The van der Waals surface area contributed by atoms with Gasteiger partial charge in [0.25, 0.3) is 0 Å². The number of hydrogen-bond donors (Lipinski definition) is 1. The number of hydrogen-bond acceptors (Lipinski definition) is 4. The van der Waals surface area contributed by atoms with Crippen LogP contribution in [0.3, 0.4) is 0 Å². The van der Waals surface area contributed by atoms with Gasteiger partial charge in [-0.1, -0.05) is 30.3 Å². The van der Waals surface area contributed by atoms with E-state index in [1.807, 2.05) is 18.2 Å². The van der Waals surface area contributed by atoms with Crippen molar-refractivity contribution in [1.82, 2.24) is 14.5 Å². The second kappa shape index (κ2) is 7.71. The SMILES string of the molecule is CCS(=O)(=O)NCC(=O)N1CCN(Cc2ccccc2)CC1. The van der Waals surface area contributed by atoms with Crippen LogP contribution in [0, 0.1) is 0 Å². The lowest BCUT2D eigenvalue weighted by molar-refractivity contribution is -0.131. The number of rotatable bonds is 6. The summed E-state index contributed by atoms with van der Waals surface area (Å²) in [7, 11) is -3.31. The Bertz CT molecular complexity index is 581. The van der Waals surface area contributed by atoms with Crippen molar-refractivity contribution in [3.63, 3.8) is 0 Å². The smallest absolute Gasteiger partial charge is 0.237 e. The molecule has 7 heteroatoms. The van der Waals surface area contributed by atoms with Crippen molar-refractivity contribution in [2.45, 2.75) is 13.5 Å². The maximum absolute atomic E-state index is 12.0. The zero-order valence-electron chi connectivity index (χ0n) is 12.9. The van der Waals surface area contributed by atoms with Crippen molar-refractivity contribution < 1.29 is 13.2 Å². The van der Waals surface area contributed by atoms with Gasteiger partial charge in [-0.3, -0.25) is 9.69 Å². The highest BCUT2D eigenvalue weighted by Crippen LogP contribution is 2.08. The van der Waals surface area contributed by atoms with Crippen LogP contribution in [0.15, 0.2) is 30.3 Å². The van der Waals surface area contributed by atoms with Crippen LogP contribution < -0.4 is 4.72 Å². The van der Waals surface area contributed by atoms with Gasteiger partial charge < -0.3 is 4.90 Å². The lowest BCUT2D eigenvalue weighted by Gasteiger charge is -2.34. The molecule has 1 aliphatic heterocycles. The number of nitrogens with zero attached hydrogens (tertiary/aromatic N) is 2. The molecule has 1 aromatic rings. The van der Waals surface area contributed by atoms with Crippen LogP contribution in [0.4, 0.5) is 0 Å². The fraction of sp³-hybridized carbons (Fsp3) is 0.533. The predicted molar refractivity (Wildman–Crippen MR) is 85.8 cm³/mol. The van der Waals surface area contributed by atoms with Gasteiger partial charge in [0.1, 0.15) is 0 Å². The minimum absolute atomic E-state index is 0.00880. The number of carbonyl (C=O) groups excluding carboxylic acids is 1. The highest BCUT2D eigenvalue weighted by Gasteiger charge is 2.21. The van der Waals surface area contributed by atoms with Gasteiger partial charge in [-0.2, -0.15) is 0 Å². The summed E-state index contributed by atoms with van der Waals surface area (Å²) < 4.78 is 25.0. The van der Waals surface area contributed by atoms with E-state index in [9.17, 15) is 13.2 Å². The third-order valence-corrected chi connectivity index (χ3v) is 5.14. The first-order valence-electron chi connectivity index (χ1n) is 7.51. The predicted octanol–water partition coefficient (Wildman–Crippen LogP) is 0.270. The molecule has 0 radical (unpaired) electrons. The van der Waals surface area contributed by atoms with E-state index in [1.165, 1.54) is 5.56 Å². The lowest BCUT2D eigenvalue weighted by atomic mass is 10.2. The Balaban J connectivity index is 1.76. The Labute approximate surface area is 132 Å². The molecule has 122 valence electrons. The third-order valence-electron chi connectivity index (χ3n) is 3.80. The molecule has 1 aromatic carbocycles. The summed E-state index contributed by atoms with van der Waals surface area (Å²) in [6.45, 7) is 5.18. The number of piperazine rings is 1. The molecule has 1 aliphatic rings. The van der Waals surface area contributed by atoms with Gasteiger partial charge >= 0.3 is 0 Å². The Morgan fingerprint density at radius 3 is 2.36 bits per heavy atom. The topological polar surface area (TPSA) is 69.7 Å². The molecule has 0 atom stereocenters. The second-order valence-electron chi connectivity index (χ2n) is 5.37. The van der Waals surface area contributed by atoms with E-state index < -0.39 is 10.0 Å². The van der Waals surface area contributed by atoms with Crippen molar-refractivity contribution in [3.8, 4) is 0 Å². The van der Waals surface area contributed by atoms with Gasteiger partial charge in [0.2, 0.25) is 15.9 Å². The van der Waals surface area contributed by atoms with Gasteiger partial charge in [-0.05, 0) is 12.5 Å². The number of amides is 1. The van der Waals surface area contributed by atoms with Gasteiger partial charge in [0.15, 0.2) is 0 Å². The molecule has 0 aromatic heterocycles. The molecule has 1 heterocycles. The van der Waals surface area contributed by atoms with Gasteiger partial charge in [-0.15, -0.1) is 0 Å². The molecule has 0 aliphatic carbocycles. The van der Waals surface area contributed by atoms with Crippen molar-refractivity contribution in [3.05, 3.63) is 35.9 Å². The average Bonchev–Trinajstić information content (AvgIpc) is 2.54. The first-order valence-corrected chi connectivity index (χ1v) is 9.17. The molecule has 0 saturated carbocycles. The second-order valence-corrected chi connectivity index (χ2v) is 7.46. The van der Waals surface area contributed by atoms with Crippen LogP contribution in [0.25, 0.3) is 0 Å². The van der Waals surface area contributed by atoms with Gasteiger partial charge in [0, 0.05) is 32.7 Å². The van der Waals surface area contributed by atoms with E-state index in [2.05, 4.69) is 21.8 Å². The minimum Gasteiger partial charge on any atom is -0.339 e. The molecule has 1 fully saturated rings. The monoisotopic (exact) mass is 325 g/mol. The molecule has 2 rings (SSSR count). The van der Waals surface area contributed by atoms with Crippen LogP contribution in [-0.2, 0) is 21.4 Å². The van der Waals surface area contributed by atoms with Crippen molar-refractivity contribution in [2.75, 3.05) is 38.5 Å². The summed E-state index contributed by atoms with van der Waals surface area (Å²) in [5, 5.41) is 0. The molecule has 0 bridgehead atoms. The van der Waals surface area contributed by atoms with Crippen LogP contribution >= 0.6 is 0 Å². The minimum atomic E-state index is -3.31. The Kier molecular flexibility index (Phi) is 5.93. The quantitative estimate of drug-likeness (QED) is 0.815. The van der Waals surface area contributed by atoms with Crippen LogP contribution in [-0.4, -0.2) is 62.6 Å². The van der Waals surface area contributed by atoms with E-state index in [4.69, 9.17) is 0 Å². The number of sulfonamides is 1. The van der Waals surface area contributed by atoms with Crippen LogP contribution in [0.5, 0.6) is 0 Å². The summed E-state index contributed by atoms with van der Waals surface area (Å²) in [4.78, 5) is 16.0. The highest BCUT2D eigenvalue weighted by atomic mass is 32.2. The Morgan fingerprint density at radius 1 is 1.14 bits per heavy atom. The number of benzene rings is 1. The first-order chi connectivity index (χ1) is 10.5. The maximum atomic E-state index is 12.0. The standard InChI is InChI=1S/C15H23N3O3S/c1-2-22(20,21)16-12-15(19)18-10-8-17(9-11-18)13-14-6-4-3-5-7-14/h3-7,16H,2,8-13H2,1H3. The zero-order valence-corrected chi connectivity index (χ0v) is 13.7. The summed E-state index contributed by atoms with van der Waals surface area (Å²) in [5.41, 5.74) is 1.26. The normalized spacial score (nSPS) is 16.7. The van der Waals surface area contributed by atoms with E-state index in [-0.39, 0.29) is 18.2 Å².